The van der Waals surface area contributed by atoms with E-state index in [2.05, 4.69) is 24.3 Å². The average Bonchev–Trinajstić information content (AvgIpc) is 2.39. The summed E-state index contributed by atoms with van der Waals surface area (Å²) in [5, 5.41) is 0. The standard InChI is InChI=1S/C16H20/c1-2-7-13(8-3-1)16-12-6-10-14-9-4-5-11-15(14)16/h6-7,10,12H,1-5,8-9,11H2. The van der Waals surface area contributed by atoms with Crippen LogP contribution in [0.1, 0.15) is 55.2 Å². The van der Waals surface area contributed by atoms with Crippen LogP contribution >= 0.6 is 0 Å². The lowest BCUT2D eigenvalue weighted by molar-refractivity contribution is 0.681. The van der Waals surface area contributed by atoms with Gasteiger partial charge in [-0.3, -0.25) is 0 Å². The third-order valence-electron chi connectivity index (χ3n) is 4.03. The van der Waals surface area contributed by atoms with E-state index in [1.54, 1.807) is 22.3 Å². The van der Waals surface area contributed by atoms with Crippen molar-refractivity contribution in [3.05, 3.63) is 41.0 Å². The maximum absolute atomic E-state index is 2.48. The molecule has 0 aromatic heterocycles. The molecule has 2 aliphatic carbocycles. The van der Waals surface area contributed by atoms with Crippen molar-refractivity contribution in [2.24, 2.45) is 0 Å². The number of hydrogen-bond donors (Lipinski definition) is 0. The lowest BCUT2D eigenvalue weighted by Crippen LogP contribution is -2.06. The van der Waals surface area contributed by atoms with Crippen LogP contribution in [0.15, 0.2) is 24.3 Å². The van der Waals surface area contributed by atoms with Crippen LogP contribution in [0.4, 0.5) is 0 Å². The van der Waals surface area contributed by atoms with Crippen LogP contribution in [0, 0.1) is 0 Å². The van der Waals surface area contributed by atoms with Crippen molar-refractivity contribution in [3.63, 3.8) is 0 Å². The van der Waals surface area contributed by atoms with Crippen LogP contribution in [0.2, 0.25) is 0 Å². The molecule has 0 atom stereocenters. The summed E-state index contributed by atoms with van der Waals surface area (Å²) >= 11 is 0. The highest BCUT2D eigenvalue weighted by atomic mass is 14.2. The third-order valence-corrected chi connectivity index (χ3v) is 4.03. The van der Waals surface area contributed by atoms with E-state index in [0.29, 0.717) is 0 Å². The first-order valence-electron chi connectivity index (χ1n) is 6.75. The smallest absolute Gasteiger partial charge is 0.0193 e. The summed E-state index contributed by atoms with van der Waals surface area (Å²) in [4.78, 5) is 0. The molecule has 84 valence electrons. The molecule has 0 fully saturated rings. The SMILES string of the molecule is C1=C(c2cccc3c2CCCC3)CCCC1. The van der Waals surface area contributed by atoms with Gasteiger partial charge in [0.25, 0.3) is 0 Å². The molecule has 0 amide bonds. The van der Waals surface area contributed by atoms with Gasteiger partial charge in [-0.15, -0.1) is 0 Å². The van der Waals surface area contributed by atoms with Crippen LogP contribution in [0.25, 0.3) is 5.57 Å². The molecule has 0 heteroatoms. The first-order valence-corrected chi connectivity index (χ1v) is 6.75. The second-order valence-electron chi connectivity index (χ2n) is 5.13. The Hall–Kier alpha value is -1.04. The zero-order valence-corrected chi connectivity index (χ0v) is 9.97. The molecule has 0 nitrogen and oxygen atoms in total. The van der Waals surface area contributed by atoms with Gasteiger partial charge in [0.15, 0.2) is 0 Å². The largest absolute Gasteiger partial charge is 0.0807 e. The summed E-state index contributed by atoms with van der Waals surface area (Å²) in [7, 11) is 0. The monoisotopic (exact) mass is 212 g/mol. The third kappa shape index (κ3) is 1.81. The fourth-order valence-corrected chi connectivity index (χ4v) is 3.16. The molecule has 0 unspecified atom stereocenters. The van der Waals surface area contributed by atoms with Gasteiger partial charge in [-0.05, 0) is 73.6 Å². The summed E-state index contributed by atoms with van der Waals surface area (Å²) in [6.07, 6.45) is 13.2. The first kappa shape index (κ1) is 10.1. The van der Waals surface area contributed by atoms with Crippen molar-refractivity contribution in [1.82, 2.24) is 0 Å². The Balaban J connectivity index is 2.03. The van der Waals surface area contributed by atoms with Gasteiger partial charge in [0.05, 0.1) is 0 Å². The molecule has 1 aromatic carbocycles. The summed E-state index contributed by atoms with van der Waals surface area (Å²) in [6.45, 7) is 0. The molecule has 0 radical (unpaired) electrons. The topological polar surface area (TPSA) is 0 Å². The van der Waals surface area contributed by atoms with Crippen LogP contribution in [0.5, 0.6) is 0 Å². The Kier molecular flexibility index (Phi) is 2.82. The zero-order chi connectivity index (χ0) is 10.8. The Bertz CT molecular complexity index is 412. The van der Waals surface area contributed by atoms with Crippen LogP contribution in [-0.4, -0.2) is 0 Å². The molecule has 0 heterocycles. The van der Waals surface area contributed by atoms with E-state index in [0.717, 1.165) is 0 Å². The lowest BCUT2D eigenvalue weighted by atomic mass is 9.83. The minimum Gasteiger partial charge on any atom is -0.0807 e. The molecule has 0 aliphatic heterocycles. The molecule has 16 heavy (non-hydrogen) atoms. The van der Waals surface area contributed by atoms with Gasteiger partial charge in [-0.1, -0.05) is 24.3 Å². The van der Waals surface area contributed by atoms with Crippen molar-refractivity contribution in [2.75, 3.05) is 0 Å². The normalized spacial score (nSPS) is 20.1. The zero-order valence-electron chi connectivity index (χ0n) is 9.97. The minimum absolute atomic E-state index is 1.29. The van der Waals surface area contributed by atoms with Gasteiger partial charge in [0, 0.05) is 0 Å². The van der Waals surface area contributed by atoms with Crippen molar-refractivity contribution < 1.29 is 0 Å². The second kappa shape index (κ2) is 4.45. The Morgan fingerprint density at radius 2 is 1.69 bits per heavy atom. The molecule has 0 spiro atoms. The summed E-state index contributed by atoms with van der Waals surface area (Å²) in [5.74, 6) is 0. The minimum atomic E-state index is 1.29. The number of rotatable bonds is 1. The Morgan fingerprint density at radius 1 is 0.812 bits per heavy atom. The summed E-state index contributed by atoms with van der Waals surface area (Å²) in [5.41, 5.74) is 6.50. The number of fused-ring (bicyclic) bond motifs is 1. The van der Waals surface area contributed by atoms with Gasteiger partial charge in [0.2, 0.25) is 0 Å². The highest BCUT2D eigenvalue weighted by Crippen LogP contribution is 2.33. The van der Waals surface area contributed by atoms with Gasteiger partial charge < -0.3 is 0 Å². The van der Waals surface area contributed by atoms with Crippen molar-refractivity contribution in [1.29, 1.82) is 0 Å². The van der Waals surface area contributed by atoms with Crippen molar-refractivity contribution >= 4 is 5.57 Å². The van der Waals surface area contributed by atoms with E-state index < -0.39 is 0 Å². The van der Waals surface area contributed by atoms with Gasteiger partial charge >= 0.3 is 0 Å². The number of aryl methyl sites for hydroxylation is 1. The van der Waals surface area contributed by atoms with E-state index >= 15 is 0 Å². The first-order chi connectivity index (χ1) is 7.95. The van der Waals surface area contributed by atoms with E-state index in [1.807, 2.05) is 0 Å². The summed E-state index contributed by atoms with van der Waals surface area (Å²) in [6, 6.07) is 6.94. The number of benzene rings is 1. The Morgan fingerprint density at radius 3 is 2.56 bits per heavy atom. The quantitative estimate of drug-likeness (QED) is 0.642. The van der Waals surface area contributed by atoms with Crippen LogP contribution in [0.3, 0.4) is 0 Å². The highest BCUT2D eigenvalue weighted by Gasteiger charge is 2.15. The molecular formula is C16H20. The Labute approximate surface area is 98.4 Å². The maximum atomic E-state index is 2.48. The molecule has 0 saturated carbocycles. The highest BCUT2D eigenvalue weighted by molar-refractivity contribution is 5.70. The predicted molar refractivity (Wildman–Crippen MR) is 69.5 cm³/mol. The predicted octanol–water partition coefficient (Wildman–Crippen LogP) is 4.52. The van der Waals surface area contributed by atoms with Crippen LogP contribution in [-0.2, 0) is 12.8 Å². The molecular weight excluding hydrogens is 192 g/mol. The van der Waals surface area contributed by atoms with Gasteiger partial charge in [0.1, 0.15) is 0 Å². The number of allylic oxidation sites excluding steroid dienone is 2. The summed E-state index contributed by atoms with van der Waals surface area (Å²) < 4.78 is 0. The van der Waals surface area contributed by atoms with E-state index in [4.69, 9.17) is 0 Å². The molecule has 1 aromatic rings. The van der Waals surface area contributed by atoms with E-state index in [9.17, 15) is 0 Å². The van der Waals surface area contributed by atoms with Gasteiger partial charge in [-0.25, -0.2) is 0 Å². The molecule has 0 N–H and O–H groups in total. The second-order valence-corrected chi connectivity index (χ2v) is 5.13. The molecule has 2 aliphatic rings. The van der Waals surface area contributed by atoms with Crippen molar-refractivity contribution in [2.45, 2.75) is 51.4 Å². The molecule has 3 rings (SSSR count). The van der Waals surface area contributed by atoms with Crippen molar-refractivity contribution in [3.8, 4) is 0 Å². The van der Waals surface area contributed by atoms with E-state index in [-0.39, 0.29) is 0 Å². The van der Waals surface area contributed by atoms with Crippen LogP contribution < -0.4 is 0 Å². The number of hydrogen-bond acceptors (Lipinski definition) is 0. The molecule has 0 bridgehead atoms. The fourth-order valence-electron chi connectivity index (χ4n) is 3.16. The van der Waals surface area contributed by atoms with Gasteiger partial charge in [-0.2, -0.15) is 0 Å². The van der Waals surface area contributed by atoms with E-state index in [1.165, 1.54) is 51.4 Å². The maximum Gasteiger partial charge on any atom is -0.0193 e. The molecule has 0 saturated heterocycles. The fraction of sp³-hybridized carbons (Fsp3) is 0.500. The lowest BCUT2D eigenvalue weighted by Gasteiger charge is -2.22. The average molecular weight is 212 g/mol.